The van der Waals surface area contributed by atoms with Crippen molar-refractivity contribution < 1.29 is 18.4 Å². The van der Waals surface area contributed by atoms with Crippen LogP contribution in [-0.2, 0) is 11.3 Å². The van der Waals surface area contributed by atoms with Crippen LogP contribution in [0.3, 0.4) is 0 Å². The molecule has 1 aromatic rings. The van der Waals surface area contributed by atoms with Gasteiger partial charge >= 0.3 is 0 Å². The van der Waals surface area contributed by atoms with Crippen molar-refractivity contribution in [2.75, 3.05) is 19.8 Å². The monoisotopic (exact) mass is 294 g/mol. The molecule has 0 atom stereocenters. The topological polar surface area (TPSA) is 64.4 Å². The number of nitro groups is 1. The standard InChI is InChI=1S/C11H13ClF2N2O3/c12-9-2-1-8(10(5-9)16(17)18)6-15-3-4-19-7-11(13)14/h1-2,5,11,15H,3-4,6-7H2. The number of halogens is 3. The van der Waals surface area contributed by atoms with E-state index in [-0.39, 0.29) is 23.9 Å². The third-order valence-electron chi connectivity index (χ3n) is 2.23. The summed E-state index contributed by atoms with van der Waals surface area (Å²) in [7, 11) is 0. The van der Waals surface area contributed by atoms with Gasteiger partial charge in [-0.15, -0.1) is 0 Å². The fourth-order valence-electron chi connectivity index (χ4n) is 1.40. The minimum Gasteiger partial charge on any atom is -0.374 e. The molecule has 0 bridgehead atoms. The van der Waals surface area contributed by atoms with Gasteiger partial charge in [0.25, 0.3) is 12.1 Å². The van der Waals surface area contributed by atoms with Crippen molar-refractivity contribution in [3.8, 4) is 0 Å². The molecule has 0 heterocycles. The molecule has 1 rings (SSSR count). The molecule has 0 saturated heterocycles. The van der Waals surface area contributed by atoms with Gasteiger partial charge in [-0.25, -0.2) is 8.78 Å². The molecule has 0 aromatic heterocycles. The van der Waals surface area contributed by atoms with E-state index in [0.29, 0.717) is 12.1 Å². The van der Waals surface area contributed by atoms with Crippen LogP contribution in [0.25, 0.3) is 0 Å². The molecule has 1 aromatic carbocycles. The Labute approximate surface area is 113 Å². The van der Waals surface area contributed by atoms with E-state index in [2.05, 4.69) is 10.1 Å². The fourth-order valence-corrected chi connectivity index (χ4v) is 1.56. The van der Waals surface area contributed by atoms with Gasteiger partial charge in [-0.1, -0.05) is 11.6 Å². The van der Waals surface area contributed by atoms with Gasteiger partial charge in [0.2, 0.25) is 0 Å². The summed E-state index contributed by atoms with van der Waals surface area (Å²) in [5.74, 6) is 0. The Morgan fingerprint density at radius 1 is 1.47 bits per heavy atom. The highest BCUT2D eigenvalue weighted by atomic mass is 35.5. The zero-order valence-corrected chi connectivity index (χ0v) is 10.7. The van der Waals surface area contributed by atoms with E-state index in [0.717, 1.165) is 0 Å². The van der Waals surface area contributed by atoms with Crippen molar-refractivity contribution in [2.45, 2.75) is 13.0 Å². The Bertz CT molecular complexity index is 432. The van der Waals surface area contributed by atoms with Crippen molar-refractivity contribution in [1.29, 1.82) is 0 Å². The van der Waals surface area contributed by atoms with Gasteiger partial charge in [0, 0.05) is 29.7 Å². The second kappa shape index (κ2) is 7.98. The van der Waals surface area contributed by atoms with Crippen molar-refractivity contribution in [3.63, 3.8) is 0 Å². The van der Waals surface area contributed by atoms with E-state index in [4.69, 9.17) is 11.6 Å². The second-order valence-corrected chi connectivity index (χ2v) is 4.11. The van der Waals surface area contributed by atoms with Gasteiger partial charge in [0.15, 0.2) is 0 Å². The van der Waals surface area contributed by atoms with Gasteiger partial charge in [-0.05, 0) is 12.1 Å². The Balaban J connectivity index is 2.39. The molecule has 0 fully saturated rings. The third-order valence-corrected chi connectivity index (χ3v) is 2.46. The minimum atomic E-state index is -2.49. The summed E-state index contributed by atoms with van der Waals surface area (Å²) < 4.78 is 28.2. The Morgan fingerprint density at radius 3 is 2.84 bits per heavy atom. The summed E-state index contributed by atoms with van der Waals surface area (Å²) in [5, 5.41) is 14.0. The molecule has 0 unspecified atom stereocenters. The first-order valence-electron chi connectivity index (χ1n) is 5.50. The van der Waals surface area contributed by atoms with E-state index in [1.165, 1.54) is 6.07 Å². The summed E-state index contributed by atoms with van der Waals surface area (Å²) in [6.07, 6.45) is -2.49. The molecule has 0 aliphatic rings. The molecule has 0 aliphatic carbocycles. The summed E-state index contributed by atoms with van der Waals surface area (Å²) in [5.41, 5.74) is 0.400. The maximum atomic E-state index is 11.8. The SMILES string of the molecule is O=[N+]([O-])c1cc(Cl)ccc1CNCCOCC(F)F. The largest absolute Gasteiger partial charge is 0.374 e. The number of nitro benzene ring substituents is 1. The molecule has 19 heavy (non-hydrogen) atoms. The molecule has 0 radical (unpaired) electrons. The van der Waals surface area contributed by atoms with Gasteiger partial charge < -0.3 is 10.1 Å². The first-order valence-corrected chi connectivity index (χ1v) is 5.88. The van der Waals surface area contributed by atoms with Crippen LogP contribution < -0.4 is 5.32 Å². The lowest BCUT2D eigenvalue weighted by Gasteiger charge is -2.07. The highest BCUT2D eigenvalue weighted by Gasteiger charge is 2.13. The molecular weight excluding hydrogens is 282 g/mol. The minimum absolute atomic E-state index is 0.0755. The second-order valence-electron chi connectivity index (χ2n) is 3.67. The van der Waals surface area contributed by atoms with Crippen LogP contribution in [0.1, 0.15) is 5.56 Å². The lowest BCUT2D eigenvalue weighted by atomic mass is 10.2. The number of rotatable bonds is 8. The lowest BCUT2D eigenvalue weighted by Crippen LogP contribution is -2.21. The van der Waals surface area contributed by atoms with Crippen molar-refractivity contribution in [3.05, 3.63) is 38.9 Å². The number of ether oxygens (including phenoxy) is 1. The number of hydrogen-bond acceptors (Lipinski definition) is 4. The van der Waals surface area contributed by atoms with Crippen LogP contribution in [0.2, 0.25) is 5.02 Å². The fraction of sp³-hybridized carbons (Fsp3) is 0.455. The molecule has 0 saturated carbocycles. The maximum Gasteiger partial charge on any atom is 0.275 e. The Hall–Kier alpha value is -1.31. The molecule has 0 spiro atoms. The number of nitrogens with one attached hydrogen (secondary N) is 1. The van der Waals surface area contributed by atoms with Crippen LogP contribution >= 0.6 is 11.6 Å². The van der Waals surface area contributed by atoms with Crippen LogP contribution in [0, 0.1) is 10.1 Å². The highest BCUT2D eigenvalue weighted by molar-refractivity contribution is 6.30. The number of alkyl halides is 2. The average Bonchev–Trinajstić information content (AvgIpc) is 2.34. The Morgan fingerprint density at radius 2 is 2.21 bits per heavy atom. The molecule has 0 amide bonds. The van der Waals surface area contributed by atoms with Gasteiger partial charge in [-0.3, -0.25) is 10.1 Å². The van der Waals surface area contributed by atoms with E-state index in [1.54, 1.807) is 12.1 Å². The molecular formula is C11H13ClF2N2O3. The van der Waals surface area contributed by atoms with E-state index >= 15 is 0 Å². The zero-order chi connectivity index (χ0) is 14.3. The van der Waals surface area contributed by atoms with Crippen LogP contribution in [0.5, 0.6) is 0 Å². The summed E-state index contributed by atoms with van der Waals surface area (Å²) in [6.45, 7) is 0.0759. The summed E-state index contributed by atoms with van der Waals surface area (Å²) in [4.78, 5) is 10.3. The first-order chi connectivity index (χ1) is 9.00. The highest BCUT2D eigenvalue weighted by Crippen LogP contribution is 2.22. The van der Waals surface area contributed by atoms with E-state index in [9.17, 15) is 18.9 Å². The third kappa shape index (κ3) is 5.91. The molecule has 0 aliphatic heterocycles. The average molecular weight is 295 g/mol. The van der Waals surface area contributed by atoms with Crippen LogP contribution in [-0.4, -0.2) is 31.1 Å². The van der Waals surface area contributed by atoms with E-state index in [1.807, 2.05) is 0 Å². The van der Waals surface area contributed by atoms with Crippen molar-refractivity contribution >= 4 is 17.3 Å². The molecule has 8 heteroatoms. The quantitative estimate of drug-likeness (QED) is 0.455. The van der Waals surface area contributed by atoms with Crippen LogP contribution in [0.15, 0.2) is 18.2 Å². The van der Waals surface area contributed by atoms with Crippen molar-refractivity contribution in [2.24, 2.45) is 0 Å². The van der Waals surface area contributed by atoms with Gasteiger partial charge in [-0.2, -0.15) is 0 Å². The number of hydrogen-bond donors (Lipinski definition) is 1. The number of benzene rings is 1. The van der Waals surface area contributed by atoms with Gasteiger partial charge in [0.1, 0.15) is 6.61 Å². The molecule has 5 nitrogen and oxygen atoms in total. The van der Waals surface area contributed by atoms with Gasteiger partial charge in [0.05, 0.1) is 11.5 Å². The number of nitrogens with zero attached hydrogens (tertiary/aromatic N) is 1. The van der Waals surface area contributed by atoms with E-state index < -0.39 is 18.0 Å². The van der Waals surface area contributed by atoms with Crippen LogP contribution in [0.4, 0.5) is 14.5 Å². The predicted molar refractivity (Wildman–Crippen MR) is 66.6 cm³/mol. The smallest absolute Gasteiger partial charge is 0.275 e. The van der Waals surface area contributed by atoms with Crippen molar-refractivity contribution in [1.82, 2.24) is 5.32 Å². The summed E-state index contributed by atoms with van der Waals surface area (Å²) >= 11 is 5.68. The summed E-state index contributed by atoms with van der Waals surface area (Å²) in [6, 6.07) is 4.37. The maximum absolute atomic E-state index is 11.8. The predicted octanol–water partition coefficient (Wildman–Crippen LogP) is 2.62. The zero-order valence-electron chi connectivity index (χ0n) is 9.94. The Kier molecular flexibility index (Phi) is 6.61. The lowest BCUT2D eigenvalue weighted by molar-refractivity contribution is -0.385. The molecule has 106 valence electrons. The normalized spacial score (nSPS) is 10.9. The first kappa shape index (κ1) is 15.7. The molecule has 1 N–H and O–H groups in total.